The van der Waals surface area contributed by atoms with Crippen molar-refractivity contribution >= 4 is 55.7 Å². The van der Waals surface area contributed by atoms with Crippen molar-refractivity contribution in [3.8, 4) is 9.88 Å². The Balaban J connectivity index is 1.13. The van der Waals surface area contributed by atoms with Gasteiger partial charge < -0.3 is 14.2 Å². The number of carbonyl (C=O) groups excluding carboxylic acids is 2. The molecule has 1 saturated heterocycles. The molecular formula is C25H19N3O3S2. The second-order valence-corrected chi connectivity index (χ2v) is 10.00. The van der Waals surface area contributed by atoms with E-state index < -0.39 is 0 Å². The van der Waals surface area contributed by atoms with Crippen LogP contribution in [0.2, 0.25) is 0 Å². The summed E-state index contributed by atoms with van der Waals surface area (Å²) in [4.78, 5) is 35.9. The van der Waals surface area contributed by atoms with Crippen LogP contribution in [-0.2, 0) is 0 Å². The molecule has 6 rings (SSSR count). The van der Waals surface area contributed by atoms with Gasteiger partial charge in [-0.1, -0.05) is 30.3 Å². The minimum absolute atomic E-state index is 0.00296. The van der Waals surface area contributed by atoms with Crippen molar-refractivity contribution in [2.24, 2.45) is 0 Å². The van der Waals surface area contributed by atoms with Crippen molar-refractivity contribution in [3.63, 3.8) is 0 Å². The molecule has 0 spiro atoms. The highest BCUT2D eigenvalue weighted by molar-refractivity contribution is 7.26. The van der Waals surface area contributed by atoms with E-state index in [1.54, 1.807) is 22.3 Å². The SMILES string of the molecule is O=C(c1cc2ccccc2o1)N1CCN(C(=O)c2ccc(-c3nc4ccccc4s3)s2)CC1. The van der Waals surface area contributed by atoms with Crippen LogP contribution in [0.3, 0.4) is 0 Å². The van der Waals surface area contributed by atoms with Gasteiger partial charge in [0.1, 0.15) is 10.6 Å². The van der Waals surface area contributed by atoms with Crippen molar-refractivity contribution in [1.82, 2.24) is 14.8 Å². The summed E-state index contributed by atoms with van der Waals surface area (Å²) < 4.78 is 6.86. The lowest BCUT2D eigenvalue weighted by molar-refractivity contribution is 0.0522. The molecule has 2 amide bonds. The Morgan fingerprint density at radius 1 is 0.818 bits per heavy atom. The quantitative estimate of drug-likeness (QED) is 0.353. The van der Waals surface area contributed by atoms with Crippen LogP contribution in [0.4, 0.5) is 0 Å². The first-order valence-electron chi connectivity index (χ1n) is 10.7. The van der Waals surface area contributed by atoms with Crippen LogP contribution in [0.15, 0.2) is 71.1 Å². The molecule has 8 heteroatoms. The maximum absolute atomic E-state index is 13.1. The molecule has 0 atom stereocenters. The average Bonchev–Trinajstić information content (AvgIpc) is 3.60. The van der Waals surface area contributed by atoms with Crippen LogP contribution in [0, 0.1) is 0 Å². The Labute approximate surface area is 197 Å². The van der Waals surface area contributed by atoms with E-state index in [0.29, 0.717) is 42.4 Å². The molecule has 1 fully saturated rings. The predicted molar refractivity (Wildman–Crippen MR) is 131 cm³/mol. The number of thiophene rings is 1. The molecule has 1 aliphatic heterocycles. The van der Waals surface area contributed by atoms with Crippen LogP contribution < -0.4 is 0 Å². The molecule has 164 valence electrons. The summed E-state index contributed by atoms with van der Waals surface area (Å²) in [5.41, 5.74) is 1.68. The van der Waals surface area contributed by atoms with Crippen molar-refractivity contribution in [3.05, 3.63) is 77.4 Å². The van der Waals surface area contributed by atoms with Crippen molar-refractivity contribution in [2.75, 3.05) is 26.2 Å². The molecule has 0 radical (unpaired) electrons. The van der Waals surface area contributed by atoms with Crippen LogP contribution in [-0.4, -0.2) is 52.8 Å². The van der Waals surface area contributed by atoms with Gasteiger partial charge in [-0.05, 0) is 36.4 Å². The lowest BCUT2D eigenvalue weighted by atomic mass is 10.2. The van der Waals surface area contributed by atoms with Gasteiger partial charge in [0.2, 0.25) is 0 Å². The summed E-state index contributed by atoms with van der Waals surface area (Å²) in [6.07, 6.45) is 0. The fraction of sp³-hybridized carbons (Fsp3) is 0.160. The summed E-state index contributed by atoms with van der Waals surface area (Å²) in [6.45, 7) is 1.97. The first kappa shape index (κ1) is 20.1. The third-order valence-corrected chi connectivity index (χ3v) is 8.09. The molecule has 5 aromatic rings. The number of hydrogen-bond acceptors (Lipinski definition) is 6. The zero-order valence-corrected chi connectivity index (χ0v) is 19.2. The van der Waals surface area contributed by atoms with Gasteiger partial charge in [-0.3, -0.25) is 9.59 Å². The van der Waals surface area contributed by atoms with E-state index in [9.17, 15) is 9.59 Å². The number of benzene rings is 2. The second kappa shape index (κ2) is 8.13. The fourth-order valence-corrected chi connectivity index (χ4v) is 6.05. The molecule has 0 N–H and O–H groups in total. The summed E-state index contributed by atoms with van der Waals surface area (Å²) >= 11 is 3.11. The van der Waals surface area contributed by atoms with Gasteiger partial charge >= 0.3 is 0 Å². The monoisotopic (exact) mass is 473 g/mol. The van der Waals surface area contributed by atoms with Gasteiger partial charge in [-0.2, -0.15) is 0 Å². The van der Waals surface area contributed by atoms with E-state index in [1.165, 1.54) is 11.3 Å². The Morgan fingerprint density at radius 2 is 1.55 bits per heavy atom. The summed E-state index contributed by atoms with van der Waals surface area (Å²) in [6, 6.07) is 21.3. The number of piperazine rings is 1. The Morgan fingerprint density at radius 3 is 2.33 bits per heavy atom. The average molecular weight is 474 g/mol. The maximum Gasteiger partial charge on any atom is 0.289 e. The fourth-order valence-electron chi connectivity index (χ4n) is 4.06. The smallest absolute Gasteiger partial charge is 0.289 e. The third kappa shape index (κ3) is 3.71. The predicted octanol–water partition coefficient (Wildman–Crippen LogP) is 5.37. The molecule has 33 heavy (non-hydrogen) atoms. The highest BCUT2D eigenvalue weighted by atomic mass is 32.1. The van der Waals surface area contributed by atoms with E-state index >= 15 is 0 Å². The number of nitrogens with zero attached hydrogens (tertiary/aromatic N) is 3. The van der Waals surface area contributed by atoms with Crippen LogP contribution >= 0.6 is 22.7 Å². The summed E-state index contributed by atoms with van der Waals surface area (Å²) in [7, 11) is 0. The van der Waals surface area contributed by atoms with E-state index in [0.717, 1.165) is 25.5 Å². The summed E-state index contributed by atoms with van der Waals surface area (Å²) in [5.74, 6) is 0.213. The maximum atomic E-state index is 13.1. The van der Waals surface area contributed by atoms with Gasteiger partial charge in [0, 0.05) is 31.6 Å². The Hall–Kier alpha value is -3.49. The van der Waals surface area contributed by atoms with Gasteiger partial charge in [-0.15, -0.1) is 22.7 Å². The number of para-hydroxylation sites is 2. The van der Waals surface area contributed by atoms with Crippen molar-refractivity contribution in [2.45, 2.75) is 0 Å². The van der Waals surface area contributed by atoms with E-state index in [4.69, 9.17) is 9.40 Å². The molecule has 0 unspecified atom stereocenters. The molecule has 3 aromatic heterocycles. The minimum atomic E-state index is -0.132. The van der Waals surface area contributed by atoms with Gasteiger partial charge in [0.05, 0.1) is 20.0 Å². The second-order valence-electron chi connectivity index (χ2n) is 7.88. The number of thiazole rings is 1. The first-order valence-corrected chi connectivity index (χ1v) is 12.3. The zero-order valence-electron chi connectivity index (χ0n) is 17.6. The van der Waals surface area contributed by atoms with E-state index in [2.05, 4.69) is 6.07 Å². The lowest BCUT2D eigenvalue weighted by Gasteiger charge is -2.34. The summed E-state index contributed by atoms with van der Waals surface area (Å²) in [5, 5.41) is 1.85. The number of fused-ring (bicyclic) bond motifs is 2. The third-order valence-electron chi connectivity index (χ3n) is 5.81. The topological polar surface area (TPSA) is 66.7 Å². The number of rotatable bonds is 3. The molecule has 6 nitrogen and oxygen atoms in total. The van der Waals surface area contributed by atoms with Gasteiger partial charge in [0.25, 0.3) is 11.8 Å². The molecule has 0 bridgehead atoms. The molecule has 0 aliphatic carbocycles. The van der Waals surface area contributed by atoms with Crippen LogP contribution in [0.5, 0.6) is 0 Å². The highest BCUT2D eigenvalue weighted by Crippen LogP contribution is 2.35. The van der Waals surface area contributed by atoms with Gasteiger partial charge in [-0.25, -0.2) is 4.98 Å². The van der Waals surface area contributed by atoms with Gasteiger partial charge in [0.15, 0.2) is 5.76 Å². The molecule has 4 heterocycles. The minimum Gasteiger partial charge on any atom is -0.451 e. The Kier molecular flexibility index (Phi) is 4.96. The normalized spacial score (nSPS) is 14.3. The lowest BCUT2D eigenvalue weighted by Crippen LogP contribution is -2.50. The zero-order chi connectivity index (χ0) is 22.4. The van der Waals surface area contributed by atoms with Crippen LogP contribution in [0.25, 0.3) is 31.1 Å². The largest absolute Gasteiger partial charge is 0.451 e. The standard InChI is InChI=1S/C25H19N3O3S2/c29-24(19-15-16-5-1-3-7-18(16)31-19)27-11-13-28(14-12-27)25(30)22-10-9-21(32-22)23-26-17-6-2-4-8-20(17)33-23/h1-10,15H,11-14H2. The Bertz CT molecular complexity index is 1420. The number of carbonyl (C=O) groups is 2. The van der Waals surface area contributed by atoms with E-state index in [1.807, 2.05) is 59.5 Å². The molecule has 0 saturated carbocycles. The number of furan rings is 1. The molecular weight excluding hydrogens is 454 g/mol. The molecule has 1 aliphatic rings. The van der Waals surface area contributed by atoms with Crippen molar-refractivity contribution in [1.29, 1.82) is 0 Å². The van der Waals surface area contributed by atoms with E-state index in [-0.39, 0.29) is 11.8 Å². The number of hydrogen-bond donors (Lipinski definition) is 0. The van der Waals surface area contributed by atoms with Crippen molar-refractivity contribution < 1.29 is 14.0 Å². The first-order chi connectivity index (χ1) is 16.2. The number of amides is 2. The van der Waals surface area contributed by atoms with Crippen LogP contribution in [0.1, 0.15) is 20.2 Å². The molecule has 2 aromatic carbocycles. The highest BCUT2D eigenvalue weighted by Gasteiger charge is 2.28. The number of aromatic nitrogens is 1.